The fraction of sp³-hybridized carbons (Fsp3) is 0.462. The van der Waals surface area contributed by atoms with Crippen LogP contribution in [0.2, 0.25) is 0 Å². The van der Waals surface area contributed by atoms with E-state index < -0.39 is 5.97 Å². The molecule has 1 aliphatic carbocycles. The van der Waals surface area contributed by atoms with Crippen LogP contribution in [0.4, 0.5) is 5.69 Å². The lowest BCUT2D eigenvalue weighted by Crippen LogP contribution is -2.38. The van der Waals surface area contributed by atoms with Crippen LogP contribution in [0.1, 0.15) is 35.2 Å². The molecule has 0 unspecified atom stereocenters. The summed E-state index contributed by atoms with van der Waals surface area (Å²) in [5.41, 5.74) is 2.87. The zero-order chi connectivity index (χ0) is 11.1. The molecule has 2 aliphatic rings. The van der Waals surface area contributed by atoms with Gasteiger partial charge in [-0.15, -0.1) is 0 Å². The van der Waals surface area contributed by atoms with Crippen LogP contribution in [0.15, 0.2) is 18.2 Å². The Balaban J connectivity index is 1.92. The highest BCUT2D eigenvalue weighted by atomic mass is 16.4. The highest BCUT2D eigenvalue weighted by Crippen LogP contribution is 2.36. The predicted molar refractivity (Wildman–Crippen MR) is 62.1 cm³/mol. The van der Waals surface area contributed by atoms with Crippen LogP contribution in [-0.4, -0.2) is 23.7 Å². The molecule has 1 fully saturated rings. The van der Waals surface area contributed by atoms with Crippen LogP contribution in [0.3, 0.4) is 0 Å². The van der Waals surface area contributed by atoms with Gasteiger partial charge < -0.3 is 10.0 Å². The van der Waals surface area contributed by atoms with Gasteiger partial charge in [-0.05, 0) is 49.4 Å². The summed E-state index contributed by atoms with van der Waals surface area (Å²) in [5, 5.41) is 8.93. The number of benzene rings is 1. The molecule has 3 heteroatoms. The van der Waals surface area contributed by atoms with E-state index in [1.807, 2.05) is 12.1 Å². The molecule has 84 valence electrons. The second-order valence-corrected chi connectivity index (χ2v) is 4.68. The molecular formula is C13H15NO2. The standard InChI is InChI=1S/C13H15NO2/c15-13(16)10-4-5-12-9(8-10)6-7-14(12)11-2-1-3-11/h4-5,8,11H,1-3,6-7H2,(H,15,16). The van der Waals surface area contributed by atoms with Crippen LogP contribution in [0.25, 0.3) is 0 Å². The van der Waals surface area contributed by atoms with Crippen molar-refractivity contribution >= 4 is 11.7 Å². The number of carboxylic acids is 1. The molecule has 1 aliphatic heterocycles. The molecule has 0 amide bonds. The maximum absolute atomic E-state index is 10.9. The smallest absolute Gasteiger partial charge is 0.335 e. The Labute approximate surface area is 94.7 Å². The zero-order valence-corrected chi connectivity index (χ0v) is 9.15. The van der Waals surface area contributed by atoms with Crippen LogP contribution in [-0.2, 0) is 6.42 Å². The van der Waals surface area contributed by atoms with Crippen molar-refractivity contribution < 1.29 is 9.90 Å². The summed E-state index contributed by atoms with van der Waals surface area (Å²) in [6.45, 7) is 1.06. The van der Waals surface area contributed by atoms with Gasteiger partial charge in [-0.1, -0.05) is 0 Å². The molecule has 1 aromatic carbocycles. The van der Waals surface area contributed by atoms with E-state index in [9.17, 15) is 4.79 Å². The Kier molecular flexibility index (Phi) is 2.13. The minimum absolute atomic E-state index is 0.411. The molecule has 0 atom stereocenters. The second-order valence-electron chi connectivity index (χ2n) is 4.68. The molecule has 0 aromatic heterocycles. The summed E-state index contributed by atoms with van der Waals surface area (Å²) in [4.78, 5) is 13.3. The van der Waals surface area contributed by atoms with E-state index in [1.54, 1.807) is 6.07 Å². The Morgan fingerprint density at radius 3 is 2.81 bits per heavy atom. The van der Waals surface area contributed by atoms with E-state index in [2.05, 4.69) is 4.90 Å². The van der Waals surface area contributed by atoms with Gasteiger partial charge in [0.15, 0.2) is 0 Å². The number of carbonyl (C=O) groups is 1. The van der Waals surface area contributed by atoms with Gasteiger partial charge in [0.05, 0.1) is 5.56 Å². The molecule has 1 aromatic rings. The number of nitrogens with zero attached hydrogens (tertiary/aromatic N) is 1. The minimum Gasteiger partial charge on any atom is -0.478 e. The number of aromatic carboxylic acids is 1. The number of fused-ring (bicyclic) bond motifs is 1. The lowest BCUT2D eigenvalue weighted by Gasteiger charge is -2.36. The van der Waals surface area contributed by atoms with Gasteiger partial charge in [0.2, 0.25) is 0 Å². The first-order chi connectivity index (χ1) is 7.75. The second kappa shape index (κ2) is 3.51. The lowest BCUT2D eigenvalue weighted by molar-refractivity contribution is 0.0697. The number of carboxylic acid groups (broad SMARTS) is 1. The topological polar surface area (TPSA) is 40.5 Å². The van der Waals surface area contributed by atoms with Gasteiger partial charge in [-0.25, -0.2) is 4.79 Å². The van der Waals surface area contributed by atoms with E-state index in [0.717, 1.165) is 13.0 Å². The summed E-state index contributed by atoms with van der Waals surface area (Å²) >= 11 is 0. The Bertz CT molecular complexity index is 438. The normalized spacial score (nSPS) is 19.4. The molecule has 0 spiro atoms. The minimum atomic E-state index is -0.829. The summed E-state index contributed by atoms with van der Waals surface area (Å²) in [5.74, 6) is -0.829. The average Bonchev–Trinajstić information content (AvgIpc) is 2.59. The summed E-state index contributed by atoms with van der Waals surface area (Å²) in [7, 11) is 0. The van der Waals surface area contributed by atoms with E-state index in [1.165, 1.54) is 30.5 Å². The molecule has 0 saturated heterocycles. The highest BCUT2D eigenvalue weighted by Gasteiger charge is 2.30. The van der Waals surface area contributed by atoms with Crippen molar-refractivity contribution in [2.45, 2.75) is 31.7 Å². The number of rotatable bonds is 2. The van der Waals surface area contributed by atoms with Gasteiger partial charge >= 0.3 is 5.97 Å². The number of hydrogen-bond donors (Lipinski definition) is 1. The van der Waals surface area contributed by atoms with E-state index in [0.29, 0.717) is 11.6 Å². The van der Waals surface area contributed by atoms with Crippen LogP contribution >= 0.6 is 0 Å². The maximum atomic E-state index is 10.9. The van der Waals surface area contributed by atoms with Crippen molar-refractivity contribution in [1.82, 2.24) is 0 Å². The SMILES string of the molecule is O=C(O)c1ccc2c(c1)CCN2C1CCC1. The van der Waals surface area contributed by atoms with E-state index >= 15 is 0 Å². The van der Waals surface area contributed by atoms with E-state index in [-0.39, 0.29) is 0 Å². The third-order valence-corrected chi connectivity index (χ3v) is 3.77. The van der Waals surface area contributed by atoms with Crippen LogP contribution in [0, 0.1) is 0 Å². The molecule has 16 heavy (non-hydrogen) atoms. The van der Waals surface area contributed by atoms with Crippen LogP contribution < -0.4 is 4.90 Å². The molecule has 1 heterocycles. The lowest BCUT2D eigenvalue weighted by atomic mass is 9.91. The summed E-state index contributed by atoms with van der Waals surface area (Å²) in [6.07, 6.45) is 4.91. The summed E-state index contributed by atoms with van der Waals surface area (Å²) in [6, 6.07) is 6.23. The van der Waals surface area contributed by atoms with Crippen molar-refractivity contribution in [1.29, 1.82) is 0 Å². The first-order valence-electron chi connectivity index (χ1n) is 5.88. The molecule has 3 nitrogen and oxygen atoms in total. The molecule has 1 N–H and O–H groups in total. The third-order valence-electron chi connectivity index (χ3n) is 3.77. The van der Waals surface area contributed by atoms with Crippen molar-refractivity contribution in [3.8, 4) is 0 Å². The average molecular weight is 217 g/mol. The first kappa shape index (κ1) is 9.70. The zero-order valence-electron chi connectivity index (χ0n) is 9.15. The van der Waals surface area contributed by atoms with Crippen molar-refractivity contribution in [2.24, 2.45) is 0 Å². The van der Waals surface area contributed by atoms with Gasteiger partial charge in [0.1, 0.15) is 0 Å². The third kappa shape index (κ3) is 1.39. The van der Waals surface area contributed by atoms with Gasteiger partial charge in [0, 0.05) is 18.3 Å². The highest BCUT2D eigenvalue weighted by molar-refractivity contribution is 5.88. The molecule has 1 saturated carbocycles. The Hall–Kier alpha value is -1.51. The Morgan fingerprint density at radius 2 is 2.19 bits per heavy atom. The van der Waals surface area contributed by atoms with Crippen molar-refractivity contribution in [3.63, 3.8) is 0 Å². The van der Waals surface area contributed by atoms with Crippen molar-refractivity contribution in [3.05, 3.63) is 29.3 Å². The fourth-order valence-electron chi connectivity index (χ4n) is 2.64. The molecule has 0 bridgehead atoms. The van der Waals surface area contributed by atoms with Gasteiger partial charge in [-0.3, -0.25) is 0 Å². The van der Waals surface area contributed by atoms with E-state index in [4.69, 9.17) is 5.11 Å². The monoisotopic (exact) mass is 217 g/mol. The molecule has 0 radical (unpaired) electrons. The fourth-order valence-corrected chi connectivity index (χ4v) is 2.64. The Morgan fingerprint density at radius 1 is 1.38 bits per heavy atom. The largest absolute Gasteiger partial charge is 0.478 e. The first-order valence-corrected chi connectivity index (χ1v) is 5.88. The van der Waals surface area contributed by atoms with Crippen LogP contribution in [0.5, 0.6) is 0 Å². The quantitative estimate of drug-likeness (QED) is 0.826. The number of anilines is 1. The van der Waals surface area contributed by atoms with Gasteiger partial charge in [-0.2, -0.15) is 0 Å². The van der Waals surface area contributed by atoms with Crippen molar-refractivity contribution in [2.75, 3.05) is 11.4 Å². The number of hydrogen-bond acceptors (Lipinski definition) is 2. The van der Waals surface area contributed by atoms with Gasteiger partial charge in [0.25, 0.3) is 0 Å². The maximum Gasteiger partial charge on any atom is 0.335 e. The molecular weight excluding hydrogens is 202 g/mol. The summed E-state index contributed by atoms with van der Waals surface area (Å²) < 4.78 is 0. The predicted octanol–water partition coefficient (Wildman–Crippen LogP) is 2.30. The molecule has 3 rings (SSSR count).